The van der Waals surface area contributed by atoms with Crippen LogP contribution in [0.25, 0.3) is 5.52 Å². The van der Waals surface area contributed by atoms with Gasteiger partial charge in [0, 0.05) is 31.1 Å². The highest BCUT2D eigenvalue weighted by Crippen LogP contribution is 2.29. The Morgan fingerprint density at radius 1 is 1.33 bits per heavy atom. The van der Waals surface area contributed by atoms with Gasteiger partial charge >= 0.3 is 0 Å². The van der Waals surface area contributed by atoms with Crippen molar-refractivity contribution in [3.05, 3.63) is 48.7 Å². The number of carbonyl (C=O) groups excluding carboxylic acids is 1. The van der Waals surface area contributed by atoms with E-state index in [1.807, 2.05) is 0 Å². The predicted molar refractivity (Wildman–Crippen MR) is 76.6 cm³/mol. The molecule has 3 aromatic heterocycles. The molecule has 21 heavy (non-hydrogen) atoms. The fourth-order valence-electron chi connectivity index (χ4n) is 2.14. The van der Waals surface area contributed by atoms with Gasteiger partial charge in [0.1, 0.15) is 11.3 Å². The molecule has 0 spiro atoms. The van der Waals surface area contributed by atoms with Crippen LogP contribution in [0.4, 0.5) is 21.6 Å². The van der Waals surface area contributed by atoms with Gasteiger partial charge in [-0.05, 0) is 18.2 Å². The molecule has 0 radical (unpaired) electrons. The molecule has 0 fully saturated rings. The van der Waals surface area contributed by atoms with Crippen molar-refractivity contribution in [3.8, 4) is 0 Å². The van der Waals surface area contributed by atoms with Crippen molar-refractivity contribution in [1.29, 1.82) is 0 Å². The summed E-state index contributed by atoms with van der Waals surface area (Å²) in [5, 5.41) is 3.95. The van der Waals surface area contributed by atoms with Crippen molar-refractivity contribution in [2.75, 3.05) is 10.6 Å². The van der Waals surface area contributed by atoms with Crippen LogP contribution in [0.3, 0.4) is 0 Å². The number of anilines is 3. The van der Waals surface area contributed by atoms with E-state index in [0.29, 0.717) is 5.69 Å². The maximum Gasteiger partial charge on any atom is 0.229 e. The van der Waals surface area contributed by atoms with Gasteiger partial charge in [-0.1, -0.05) is 0 Å². The third kappa shape index (κ3) is 2.18. The van der Waals surface area contributed by atoms with Crippen LogP contribution in [0.15, 0.2) is 42.9 Å². The lowest BCUT2D eigenvalue weighted by molar-refractivity contribution is -0.115. The number of fused-ring (bicyclic) bond motifs is 1. The Morgan fingerprint density at radius 2 is 2.14 bits per heavy atom. The number of carbonyl (C=O) groups is 1. The number of nitrogen functional groups attached to an aromatic ring is 1. The summed E-state index contributed by atoms with van der Waals surface area (Å²) in [6.45, 7) is 1.34. The predicted octanol–water partition coefficient (Wildman–Crippen LogP) is 2.14. The second kappa shape index (κ2) is 4.86. The van der Waals surface area contributed by atoms with Gasteiger partial charge in [0.25, 0.3) is 0 Å². The number of hydrogen-bond donors (Lipinski definition) is 1. The van der Waals surface area contributed by atoms with Crippen LogP contribution in [0.2, 0.25) is 0 Å². The first-order chi connectivity index (χ1) is 10.1. The van der Waals surface area contributed by atoms with E-state index in [0.717, 1.165) is 0 Å². The summed E-state index contributed by atoms with van der Waals surface area (Å²) in [6.07, 6.45) is 4.53. The van der Waals surface area contributed by atoms with E-state index in [2.05, 4.69) is 10.1 Å². The van der Waals surface area contributed by atoms with Crippen molar-refractivity contribution in [2.24, 2.45) is 0 Å². The summed E-state index contributed by atoms with van der Waals surface area (Å²) in [4.78, 5) is 17.2. The Morgan fingerprint density at radius 3 is 2.86 bits per heavy atom. The number of rotatable bonds is 2. The van der Waals surface area contributed by atoms with Gasteiger partial charge in [-0.2, -0.15) is 5.10 Å². The van der Waals surface area contributed by atoms with Gasteiger partial charge in [-0.3, -0.25) is 9.69 Å². The van der Waals surface area contributed by atoms with Gasteiger partial charge in [-0.15, -0.1) is 0 Å². The standard InChI is InChI=1S/C14H12FN5O/c1-9(21)20(13-8-10(16)2-5-17-13)12-4-7-19-11(14(12)15)3-6-18-19/h2-8H,1H3,(H2,16,17). The smallest absolute Gasteiger partial charge is 0.229 e. The first-order valence-electron chi connectivity index (χ1n) is 6.22. The molecule has 3 rings (SSSR count). The Kier molecular flexibility index (Phi) is 3.02. The van der Waals surface area contributed by atoms with Crippen molar-refractivity contribution >= 4 is 28.6 Å². The summed E-state index contributed by atoms with van der Waals surface area (Å²) >= 11 is 0. The number of nitrogens with two attached hydrogens (primary N) is 1. The normalized spacial score (nSPS) is 10.8. The van der Waals surface area contributed by atoms with Crippen LogP contribution in [0.5, 0.6) is 0 Å². The highest BCUT2D eigenvalue weighted by molar-refractivity contribution is 5.99. The van der Waals surface area contributed by atoms with Crippen LogP contribution in [-0.4, -0.2) is 20.5 Å². The third-order valence-corrected chi connectivity index (χ3v) is 3.05. The maximum absolute atomic E-state index is 14.6. The van der Waals surface area contributed by atoms with Gasteiger partial charge < -0.3 is 5.73 Å². The molecule has 0 aliphatic heterocycles. The number of nitrogens with zero attached hydrogens (tertiary/aromatic N) is 4. The van der Waals surface area contributed by atoms with E-state index >= 15 is 0 Å². The summed E-state index contributed by atoms with van der Waals surface area (Å²) in [7, 11) is 0. The molecule has 2 N–H and O–H groups in total. The molecule has 7 heteroatoms. The molecule has 3 aromatic rings. The van der Waals surface area contributed by atoms with E-state index in [1.54, 1.807) is 12.3 Å². The zero-order chi connectivity index (χ0) is 15.0. The van der Waals surface area contributed by atoms with Crippen molar-refractivity contribution in [3.63, 3.8) is 0 Å². The number of amides is 1. The third-order valence-electron chi connectivity index (χ3n) is 3.05. The van der Waals surface area contributed by atoms with E-state index in [4.69, 9.17) is 5.73 Å². The minimum Gasteiger partial charge on any atom is -0.399 e. The molecule has 3 heterocycles. The Balaban J connectivity index is 2.20. The fraction of sp³-hybridized carbons (Fsp3) is 0.0714. The fourth-order valence-corrected chi connectivity index (χ4v) is 2.14. The summed E-state index contributed by atoms with van der Waals surface area (Å²) in [5.41, 5.74) is 6.53. The molecule has 0 unspecified atom stereocenters. The molecule has 106 valence electrons. The highest BCUT2D eigenvalue weighted by Gasteiger charge is 2.21. The molecular weight excluding hydrogens is 273 g/mol. The largest absolute Gasteiger partial charge is 0.399 e. The molecule has 0 bridgehead atoms. The van der Waals surface area contributed by atoms with Gasteiger partial charge in [0.2, 0.25) is 5.91 Å². The minimum atomic E-state index is -0.547. The maximum atomic E-state index is 14.6. The molecular formula is C14H12FN5O. The zero-order valence-electron chi connectivity index (χ0n) is 11.2. The van der Waals surface area contributed by atoms with Crippen molar-refractivity contribution in [1.82, 2.24) is 14.6 Å². The van der Waals surface area contributed by atoms with E-state index in [1.165, 1.54) is 46.9 Å². The Hall–Kier alpha value is -2.96. The lowest BCUT2D eigenvalue weighted by Gasteiger charge is -2.21. The first kappa shape index (κ1) is 13.0. The molecule has 0 saturated carbocycles. The molecule has 0 atom stereocenters. The molecule has 0 aromatic carbocycles. The summed E-state index contributed by atoms with van der Waals surface area (Å²) < 4.78 is 16.0. The molecule has 6 nitrogen and oxygen atoms in total. The summed E-state index contributed by atoms with van der Waals surface area (Å²) in [5.74, 6) is -0.643. The lowest BCUT2D eigenvalue weighted by atomic mass is 10.2. The molecule has 0 saturated heterocycles. The van der Waals surface area contributed by atoms with E-state index in [-0.39, 0.29) is 22.9 Å². The van der Waals surface area contributed by atoms with Gasteiger partial charge in [0.05, 0.1) is 11.9 Å². The number of halogens is 1. The van der Waals surface area contributed by atoms with Crippen LogP contribution in [-0.2, 0) is 4.79 Å². The van der Waals surface area contributed by atoms with Crippen LogP contribution < -0.4 is 10.6 Å². The van der Waals surface area contributed by atoms with E-state index < -0.39 is 5.82 Å². The second-order valence-electron chi connectivity index (χ2n) is 4.48. The van der Waals surface area contributed by atoms with Crippen LogP contribution >= 0.6 is 0 Å². The Labute approximate surface area is 119 Å². The van der Waals surface area contributed by atoms with Gasteiger partial charge in [-0.25, -0.2) is 13.9 Å². The molecule has 0 aliphatic rings. The summed E-state index contributed by atoms with van der Waals surface area (Å²) in [6, 6.07) is 6.12. The quantitative estimate of drug-likeness (QED) is 0.782. The monoisotopic (exact) mass is 285 g/mol. The highest BCUT2D eigenvalue weighted by atomic mass is 19.1. The van der Waals surface area contributed by atoms with Crippen LogP contribution in [0.1, 0.15) is 6.92 Å². The number of hydrogen-bond acceptors (Lipinski definition) is 4. The first-order valence-corrected chi connectivity index (χ1v) is 6.22. The van der Waals surface area contributed by atoms with Crippen molar-refractivity contribution in [2.45, 2.75) is 6.92 Å². The lowest BCUT2D eigenvalue weighted by Crippen LogP contribution is -2.25. The average Bonchev–Trinajstić information content (AvgIpc) is 2.91. The second-order valence-corrected chi connectivity index (χ2v) is 4.48. The molecule has 1 amide bonds. The van der Waals surface area contributed by atoms with Crippen molar-refractivity contribution < 1.29 is 9.18 Å². The SMILES string of the molecule is CC(=O)N(c1cc(N)ccn1)c1ccn2nccc2c1F. The van der Waals surface area contributed by atoms with E-state index in [9.17, 15) is 9.18 Å². The molecule has 0 aliphatic carbocycles. The zero-order valence-corrected chi connectivity index (χ0v) is 11.2. The average molecular weight is 285 g/mol. The number of aromatic nitrogens is 3. The Bertz CT molecular complexity index is 829. The van der Waals surface area contributed by atoms with Gasteiger partial charge in [0.15, 0.2) is 5.82 Å². The topological polar surface area (TPSA) is 76.5 Å². The minimum absolute atomic E-state index is 0.105. The number of pyridine rings is 2. The van der Waals surface area contributed by atoms with Crippen LogP contribution in [0, 0.1) is 5.82 Å².